The Bertz CT molecular complexity index is 783. The molecule has 0 atom stereocenters. The van der Waals surface area contributed by atoms with Gasteiger partial charge in [0.25, 0.3) is 5.91 Å². The van der Waals surface area contributed by atoms with Gasteiger partial charge in [0.1, 0.15) is 12.4 Å². The van der Waals surface area contributed by atoms with E-state index in [-0.39, 0.29) is 11.0 Å². The molecule has 5 nitrogen and oxygen atoms in total. The Balaban J connectivity index is 1.99. The SMILES string of the molecule is CCOCCOc1ccccc1C(=O)NC(=S)Nc1ccc(C)cc1Br. The standard InChI is InChI=1S/C19H21BrN2O3S/c1-3-24-10-11-25-17-7-5-4-6-14(17)18(23)22-19(26)21-16-9-8-13(2)12-15(16)20/h4-9,12H,3,10-11H2,1-2H3,(H2,21,22,23,26). The molecule has 0 saturated carbocycles. The third kappa shape index (κ3) is 6.09. The van der Waals surface area contributed by atoms with Crippen LogP contribution in [0.1, 0.15) is 22.8 Å². The molecular formula is C19H21BrN2O3S. The molecule has 2 rings (SSSR count). The third-order valence-corrected chi connectivity index (χ3v) is 4.28. The molecule has 7 heteroatoms. The molecule has 2 aromatic rings. The lowest BCUT2D eigenvalue weighted by Crippen LogP contribution is -2.34. The summed E-state index contributed by atoms with van der Waals surface area (Å²) in [6.07, 6.45) is 0. The molecule has 0 spiro atoms. The summed E-state index contributed by atoms with van der Waals surface area (Å²) in [7, 11) is 0. The number of amides is 1. The summed E-state index contributed by atoms with van der Waals surface area (Å²) >= 11 is 8.72. The molecule has 2 aromatic carbocycles. The molecule has 0 aliphatic heterocycles. The van der Waals surface area contributed by atoms with Gasteiger partial charge in [0.05, 0.1) is 17.9 Å². The number of halogens is 1. The number of aryl methyl sites for hydroxylation is 1. The van der Waals surface area contributed by atoms with E-state index in [4.69, 9.17) is 21.7 Å². The maximum absolute atomic E-state index is 12.5. The molecule has 0 unspecified atom stereocenters. The van der Waals surface area contributed by atoms with Crippen molar-refractivity contribution in [1.82, 2.24) is 5.32 Å². The fourth-order valence-electron chi connectivity index (χ4n) is 2.18. The minimum Gasteiger partial charge on any atom is -0.490 e. The predicted octanol–water partition coefficient (Wildman–Crippen LogP) is 4.30. The van der Waals surface area contributed by atoms with Crippen LogP contribution in [0.2, 0.25) is 0 Å². The molecule has 2 N–H and O–H groups in total. The van der Waals surface area contributed by atoms with Crippen molar-refractivity contribution in [1.29, 1.82) is 0 Å². The van der Waals surface area contributed by atoms with Crippen molar-refractivity contribution in [3.63, 3.8) is 0 Å². The van der Waals surface area contributed by atoms with Gasteiger partial charge in [-0.3, -0.25) is 10.1 Å². The number of carbonyl (C=O) groups excluding carboxylic acids is 1. The van der Waals surface area contributed by atoms with Crippen LogP contribution in [0.15, 0.2) is 46.9 Å². The number of benzene rings is 2. The Morgan fingerprint density at radius 3 is 2.69 bits per heavy atom. The molecule has 26 heavy (non-hydrogen) atoms. The molecule has 0 radical (unpaired) electrons. The second kappa shape index (κ2) is 10.3. The molecule has 1 amide bonds. The quantitative estimate of drug-likeness (QED) is 0.500. The van der Waals surface area contributed by atoms with Gasteiger partial charge >= 0.3 is 0 Å². The van der Waals surface area contributed by atoms with Gasteiger partial charge < -0.3 is 14.8 Å². The number of nitrogens with one attached hydrogen (secondary N) is 2. The monoisotopic (exact) mass is 436 g/mol. The number of thiocarbonyl (C=S) groups is 1. The smallest absolute Gasteiger partial charge is 0.261 e. The number of hydrogen-bond donors (Lipinski definition) is 2. The first kappa shape index (κ1) is 20.4. The molecule has 138 valence electrons. The van der Waals surface area contributed by atoms with Crippen molar-refractivity contribution >= 4 is 44.9 Å². The van der Waals surface area contributed by atoms with Crippen LogP contribution in [0.4, 0.5) is 5.69 Å². The van der Waals surface area contributed by atoms with Crippen molar-refractivity contribution in [3.05, 3.63) is 58.1 Å². The van der Waals surface area contributed by atoms with Crippen LogP contribution in [0.25, 0.3) is 0 Å². The Morgan fingerprint density at radius 2 is 1.96 bits per heavy atom. The molecule has 0 aromatic heterocycles. The number of hydrogen-bond acceptors (Lipinski definition) is 4. The Labute approximate surface area is 167 Å². The highest BCUT2D eigenvalue weighted by atomic mass is 79.9. The average molecular weight is 437 g/mol. The molecule has 0 bridgehead atoms. The van der Waals surface area contributed by atoms with E-state index in [1.807, 2.05) is 38.1 Å². The van der Waals surface area contributed by atoms with Gasteiger partial charge in [-0.05, 0) is 71.8 Å². The highest BCUT2D eigenvalue weighted by Crippen LogP contribution is 2.23. The van der Waals surface area contributed by atoms with Gasteiger partial charge in [-0.1, -0.05) is 18.2 Å². The Hall–Kier alpha value is -1.96. The third-order valence-electron chi connectivity index (χ3n) is 3.42. The number of rotatable bonds is 7. The van der Waals surface area contributed by atoms with Crippen molar-refractivity contribution in [2.75, 3.05) is 25.1 Å². The molecule has 0 aliphatic carbocycles. The van der Waals surface area contributed by atoms with Crippen LogP contribution < -0.4 is 15.4 Å². The van der Waals surface area contributed by atoms with E-state index in [2.05, 4.69) is 26.6 Å². The summed E-state index contributed by atoms with van der Waals surface area (Å²) in [6.45, 7) is 5.38. The minimum absolute atomic E-state index is 0.212. The maximum atomic E-state index is 12.5. The average Bonchev–Trinajstić information content (AvgIpc) is 2.61. The number of para-hydroxylation sites is 1. The topological polar surface area (TPSA) is 59.6 Å². The van der Waals surface area contributed by atoms with Crippen LogP contribution in [0.5, 0.6) is 5.75 Å². The van der Waals surface area contributed by atoms with Crippen LogP contribution in [-0.2, 0) is 4.74 Å². The van der Waals surface area contributed by atoms with Gasteiger partial charge in [0.2, 0.25) is 0 Å². The summed E-state index contributed by atoms with van der Waals surface area (Å²) in [5.74, 6) is 0.154. The number of anilines is 1. The fourth-order valence-corrected chi connectivity index (χ4v) is 2.98. The zero-order valence-corrected chi connectivity index (χ0v) is 17.1. The fraction of sp³-hybridized carbons (Fsp3) is 0.263. The second-order valence-electron chi connectivity index (χ2n) is 5.43. The first-order valence-corrected chi connectivity index (χ1v) is 9.39. The maximum Gasteiger partial charge on any atom is 0.261 e. The lowest BCUT2D eigenvalue weighted by molar-refractivity contribution is 0.0958. The van der Waals surface area contributed by atoms with Crippen LogP contribution in [0.3, 0.4) is 0 Å². The first-order chi connectivity index (χ1) is 12.5. The van der Waals surface area contributed by atoms with Crippen molar-refractivity contribution in [3.8, 4) is 5.75 Å². The molecule has 0 aliphatic rings. The van der Waals surface area contributed by atoms with E-state index in [9.17, 15) is 4.79 Å². The summed E-state index contributed by atoms with van der Waals surface area (Å²) in [5, 5.41) is 5.90. The van der Waals surface area contributed by atoms with Gasteiger partial charge in [0, 0.05) is 11.1 Å². The highest BCUT2D eigenvalue weighted by molar-refractivity contribution is 9.10. The minimum atomic E-state index is -0.335. The Morgan fingerprint density at radius 1 is 1.19 bits per heavy atom. The lowest BCUT2D eigenvalue weighted by Gasteiger charge is -2.14. The van der Waals surface area contributed by atoms with Crippen LogP contribution in [0, 0.1) is 6.92 Å². The van der Waals surface area contributed by atoms with E-state index in [0.717, 1.165) is 15.7 Å². The predicted molar refractivity (Wildman–Crippen MR) is 111 cm³/mol. The molecule has 0 heterocycles. The van der Waals surface area contributed by atoms with Gasteiger partial charge in [-0.15, -0.1) is 0 Å². The summed E-state index contributed by atoms with van der Waals surface area (Å²) < 4.78 is 11.7. The largest absolute Gasteiger partial charge is 0.490 e. The van der Waals surface area contributed by atoms with Crippen molar-refractivity contribution < 1.29 is 14.3 Å². The van der Waals surface area contributed by atoms with Gasteiger partial charge in [-0.25, -0.2) is 0 Å². The summed E-state index contributed by atoms with van der Waals surface area (Å²) in [6, 6.07) is 12.8. The zero-order chi connectivity index (χ0) is 18.9. The van der Waals surface area contributed by atoms with E-state index >= 15 is 0 Å². The molecule has 0 fully saturated rings. The van der Waals surface area contributed by atoms with E-state index < -0.39 is 0 Å². The number of ether oxygens (including phenoxy) is 2. The van der Waals surface area contributed by atoms with Crippen molar-refractivity contribution in [2.24, 2.45) is 0 Å². The van der Waals surface area contributed by atoms with E-state index in [1.54, 1.807) is 18.2 Å². The van der Waals surface area contributed by atoms with Gasteiger partial charge in [-0.2, -0.15) is 0 Å². The van der Waals surface area contributed by atoms with Crippen LogP contribution >= 0.6 is 28.1 Å². The normalized spacial score (nSPS) is 10.3. The zero-order valence-electron chi connectivity index (χ0n) is 14.7. The van der Waals surface area contributed by atoms with Crippen LogP contribution in [-0.4, -0.2) is 30.8 Å². The summed E-state index contributed by atoms with van der Waals surface area (Å²) in [4.78, 5) is 12.5. The van der Waals surface area contributed by atoms with Crippen molar-refractivity contribution in [2.45, 2.75) is 13.8 Å². The highest BCUT2D eigenvalue weighted by Gasteiger charge is 2.14. The number of carbonyl (C=O) groups is 1. The summed E-state index contributed by atoms with van der Waals surface area (Å²) in [5.41, 5.74) is 2.31. The lowest BCUT2D eigenvalue weighted by atomic mass is 10.2. The second-order valence-corrected chi connectivity index (χ2v) is 6.70. The Kier molecular flexibility index (Phi) is 8.03. The van der Waals surface area contributed by atoms with E-state index in [1.165, 1.54) is 0 Å². The van der Waals surface area contributed by atoms with E-state index in [0.29, 0.717) is 31.1 Å². The van der Waals surface area contributed by atoms with Gasteiger partial charge in [0.15, 0.2) is 5.11 Å². The molecular weight excluding hydrogens is 416 g/mol. The molecule has 0 saturated heterocycles. The first-order valence-electron chi connectivity index (χ1n) is 8.19.